The molecule has 0 saturated carbocycles. The number of halogens is 1. The lowest BCUT2D eigenvalue weighted by atomic mass is 9.95. The zero-order valence-corrected chi connectivity index (χ0v) is 17.3. The first-order valence-corrected chi connectivity index (χ1v) is 9.96. The summed E-state index contributed by atoms with van der Waals surface area (Å²) in [6.07, 6.45) is 3.51. The summed E-state index contributed by atoms with van der Waals surface area (Å²) >= 11 is 0. The number of nitrogens with one attached hydrogen (secondary N) is 1. The smallest absolute Gasteiger partial charge is 0.259 e. The van der Waals surface area contributed by atoms with Crippen molar-refractivity contribution in [2.45, 2.75) is 6.92 Å². The highest BCUT2D eigenvalue weighted by Gasteiger charge is 2.35. The lowest BCUT2D eigenvalue weighted by Crippen LogP contribution is -2.22. The second kappa shape index (κ2) is 6.84. The number of aryl methyl sites for hydroxylation is 2. The Bertz CT molecular complexity index is 1440. The molecule has 0 radical (unpaired) electrons. The molecule has 1 N–H and O–H groups in total. The minimum Gasteiger partial charge on any atom is -0.494 e. The third kappa shape index (κ3) is 2.77. The van der Waals surface area contributed by atoms with E-state index in [9.17, 15) is 14.0 Å². The molecule has 4 aromatic rings. The Balaban J connectivity index is 1.82. The number of carbonyl (C=O) groups excluding carboxylic acids is 2. The largest absolute Gasteiger partial charge is 0.494 e. The van der Waals surface area contributed by atoms with E-state index in [4.69, 9.17) is 4.74 Å². The fourth-order valence-corrected chi connectivity index (χ4v) is 4.38. The predicted octanol–water partition coefficient (Wildman–Crippen LogP) is 3.78. The molecule has 1 aliphatic heterocycles. The van der Waals surface area contributed by atoms with Crippen molar-refractivity contribution in [2.75, 3.05) is 6.61 Å². The van der Waals surface area contributed by atoms with Crippen LogP contribution in [0.3, 0.4) is 0 Å². The molecule has 5 rings (SSSR count). The van der Waals surface area contributed by atoms with Crippen molar-refractivity contribution in [1.29, 1.82) is 0 Å². The maximum Gasteiger partial charge on any atom is 0.259 e. The van der Waals surface area contributed by atoms with Crippen LogP contribution in [0.1, 0.15) is 18.1 Å². The molecule has 0 saturated heterocycles. The van der Waals surface area contributed by atoms with E-state index < -0.39 is 17.6 Å². The Labute approximate surface area is 177 Å². The molecule has 0 spiro atoms. The molecule has 0 aliphatic carbocycles. The minimum atomic E-state index is -0.529. The Morgan fingerprint density at radius 3 is 2.35 bits per heavy atom. The average molecular weight is 417 g/mol. The topological polar surface area (TPSA) is 65.3 Å². The monoisotopic (exact) mass is 417 g/mol. The van der Waals surface area contributed by atoms with Crippen LogP contribution in [0.5, 0.6) is 5.75 Å². The fraction of sp³-hybridized carbons (Fsp3) is 0.167. The van der Waals surface area contributed by atoms with Gasteiger partial charge in [0.05, 0.1) is 28.8 Å². The number of imide groups is 1. The van der Waals surface area contributed by atoms with Gasteiger partial charge in [-0.05, 0) is 31.2 Å². The highest BCUT2D eigenvalue weighted by atomic mass is 19.1. The van der Waals surface area contributed by atoms with Crippen LogP contribution in [0.15, 0.2) is 48.8 Å². The number of benzene rings is 2. The van der Waals surface area contributed by atoms with Crippen molar-refractivity contribution in [1.82, 2.24) is 14.5 Å². The molecular weight excluding hydrogens is 397 g/mol. The molecule has 2 amide bonds. The summed E-state index contributed by atoms with van der Waals surface area (Å²) in [4.78, 5) is 25.8. The van der Waals surface area contributed by atoms with E-state index in [-0.39, 0.29) is 11.1 Å². The molecule has 1 aliphatic rings. The van der Waals surface area contributed by atoms with Gasteiger partial charge >= 0.3 is 0 Å². The minimum absolute atomic E-state index is 0.182. The van der Waals surface area contributed by atoms with Crippen LogP contribution in [-0.4, -0.2) is 27.6 Å². The van der Waals surface area contributed by atoms with E-state index in [1.165, 1.54) is 6.07 Å². The van der Waals surface area contributed by atoms with Gasteiger partial charge in [0.1, 0.15) is 11.6 Å². The number of fused-ring (bicyclic) bond motifs is 2. The first-order chi connectivity index (χ1) is 14.9. The average Bonchev–Trinajstić information content (AvgIpc) is 3.34. The maximum absolute atomic E-state index is 14.8. The quantitative estimate of drug-likeness (QED) is 0.514. The Kier molecular flexibility index (Phi) is 4.22. The third-order valence-electron chi connectivity index (χ3n) is 5.71. The van der Waals surface area contributed by atoms with E-state index in [2.05, 4.69) is 5.32 Å². The van der Waals surface area contributed by atoms with Crippen molar-refractivity contribution in [3.63, 3.8) is 0 Å². The number of carbonyl (C=O) groups is 2. The number of hydrogen-bond acceptors (Lipinski definition) is 3. The number of rotatable bonds is 4. The SMILES string of the molecule is CCOc1ccc2c(C3=C(c4cn(C)c5cccc(F)c45)C(=O)NC3=O)cn(C)c2c1. The number of aromatic nitrogens is 2. The summed E-state index contributed by atoms with van der Waals surface area (Å²) in [7, 11) is 3.65. The van der Waals surface area contributed by atoms with Gasteiger partial charge in [-0.2, -0.15) is 0 Å². The van der Waals surface area contributed by atoms with E-state index in [0.29, 0.717) is 28.6 Å². The number of hydrogen-bond donors (Lipinski definition) is 1. The van der Waals surface area contributed by atoms with Gasteiger partial charge in [0.15, 0.2) is 0 Å². The van der Waals surface area contributed by atoms with Gasteiger partial charge in [-0.1, -0.05) is 6.07 Å². The van der Waals surface area contributed by atoms with Gasteiger partial charge in [-0.15, -0.1) is 0 Å². The number of ether oxygens (including phenoxy) is 1. The van der Waals surface area contributed by atoms with Crippen LogP contribution in [0.2, 0.25) is 0 Å². The maximum atomic E-state index is 14.8. The standard InChI is InChI=1S/C24H20FN3O3/c1-4-31-13-8-9-14-15(11-28(3)19(14)10-13)21-22(24(30)26-23(21)29)16-12-27(2)18-7-5-6-17(25)20(16)18/h5-12H,4H2,1-3H3,(H,26,29,30). The van der Waals surface area contributed by atoms with Crippen molar-refractivity contribution in [2.24, 2.45) is 14.1 Å². The van der Waals surface area contributed by atoms with Gasteiger partial charge < -0.3 is 13.9 Å². The summed E-state index contributed by atoms with van der Waals surface area (Å²) in [5, 5.41) is 3.53. The van der Waals surface area contributed by atoms with Gasteiger partial charge in [0.25, 0.3) is 11.8 Å². The van der Waals surface area contributed by atoms with E-state index in [0.717, 1.165) is 16.7 Å². The van der Waals surface area contributed by atoms with Crippen LogP contribution >= 0.6 is 0 Å². The molecular formula is C24H20FN3O3. The summed E-state index contributed by atoms with van der Waals surface area (Å²) in [6.45, 7) is 2.46. The Morgan fingerprint density at radius 2 is 1.61 bits per heavy atom. The summed E-state index contributed by atoms with van der Waals surface area (Å²) < 4.78 is 24.0. The molecule has 0 unspecified atom stereocenters. The van der Waals surface area contributed by atoms with Gasteiger partial charge in [-0.3, -0.25) is 14.9 Å². The Morgan fingerprint density at radius 1 is 0.935 bits per heavy atom. The van der Waals surface area contributed by atoms with Crippen molar-refractivity contribution in [3.05, 3.63) is 65.7 Å². The first-order valence-electron chi connectivity index (χ1n) is 9.96. The molecule has 7 heteroatoms. The van der Waals surface area contributed by atoms with Crippen LogP contribution in [-0.2, 0) is 23.7 Å². The number of amides is 2. The fourth-order valence-electron chi connectivity index (χ4n) is 4.38. The van der Waals surface area contributed by atoms with E-state index >= 15 is 0 Å². The lowest BCUT2D eigenvalue weighted by Gasteiger charge is -2.05. The van der Waals surface area contributed by atoms with E-state index in [1.807, 2.05) is 42.9 Å². The van der Waals surface area contributed by atoms with Gasteiger partial charge in [-0.25, -0.2) is 4.39 Å². The highest BCUT2D eigenvalue weighted by molar-refractivity contribution is 6.50. The van der Waals surface area contributed by atoms with Crippen LogP contribution < -0.4 is 10.1 Å². The zero-order valence-electron chi connectivity index (χ0n) is 17.3. The summed E-state index contributed by atoms with van der Waals surface area (Å²) in [6, 6.07) is 10.4. The van der Waals surface area contributed by atoms with Gasteiger partial charge in [0.2, 0.25) is 0 Å². The molecule has 2 aromatic heterocycles. The summed E-state index contributed by atoms with van der Waals surface area (Å²) in [5.74, 6) is -0.736. The first kappa shape index (κ1) is 19.1. The Hall–Kier alpha value is -3.87. The molecule has 0 fully saturated rings. The molecule has 6 nitrogen and oxygen atoms in total. The second-order valence-corrected chi connectivity index (χ2v) is 7.59. The normalized spacial score (nSPS) is 14.2. The van der Waals surface area contributed by atoms with Crippen molar-refractivity contribution in [3.8, 4) is 5.75 Å². The molecule has 156 valence electrons. The molecule has 31 heavy (non-hydrogen) atoms. The molecule has 0 atom stereocenters. The molecule has 3 heterocycles. The third-order valence-corrected chi connectivity index (χ3v) is 5.71. The number of nitrogens with zero attached hydrogens (tertiary/aromatic N) is 2. The molecule has 2 aromatic carbocycles. The predicted molar refractivity (Wildman–Crippen MR) is 117 cm³/mol. The second-order valence-electron chi connectivity index (χ2n) is 7.59. The van der Waals surface area contributed by atoms with E-state index in [1.54, 1.807) is 29.9 Å². The lowest BCUT2D eigenvalue weighted by molar-refractivity contribution is -0.122. The van der Waals surface area contributed by atoms with Crippen LogP contribution in [0.25, 0.3) is 33.0 Å². The van der Waals surface area contributed by atoms with Crippen LogP contribution in [0, 0.1) is 5.82 Å². The summed E-state index contributed by atoms with van der Waals surface area (Å²) in [5.41, 5.74) is 2.96. The molecule has 0 bridgehead atoms. The highest BCUT2D eigenvalue weighted by Crippen LogP contribution is 2.39. The van der Waals surface area contributed by atoms with Crippen LogP contribution in [0.4, 0.5) is 4.39 Å². The van der Waals surface area contributed by atoms with Crippen molar-refractivity contribution >= 4 is 44.8 Å². The van der Waals surface area contributed by atoms with Crippen molar-refractivity contribution < 1.29 is 18.7 Å². The zero-order chi connectivity index (χ0) is 21.9. The van der Waals surface area contributed by atoms with Gasteiger partial charge in [0, 0.05) is 54.5 Å².